The summed E-state index contributed by atoms with van der Waals surface area (Å²) in [4.78, 5) is 0. The van der Waals surface area contributed by atoms with Crippen molar-refractivity contribution < 1.29 is 31.9 Å². The second-order valence-corrected chi connectivity index (χ2v) is 7.20. The maximum Gasteiger partial charge on any atom is 0.433 e. The topological polar surface area (TPSA) is 73.3 Å². The Balaban J connectivity index is 2.24. The Labute approximate surface area is 174 Å². The van der Waals surface area contributed by atoms with Crippen LogP contribution in [0.1, 0.15) is 18.2 Å². The minimum Gasteiger partial charge on any atom is -0.398 e. The van der Waals surface area contributed by atoms with Crippen molar-refractivity contribution >= 4 is 19.4 Å². The molecule has 12 heteroatoms. The average Bonchev–Trinajstić information content (AvgIpc) is 3.18. The summed E-state index contributed by atoms with van der Waals surface area (Å²) in [5.41, 5.74) is -3.81. The third kappa shape index (κ3) is 4.37. The first-order valence-electron chi connectivity index (χ1n) is 8.50. The lowest BCUT2D eigenvalue weighted by Gasteiger charge is -2.20. The SMILES string of the molecule is [B]C(C)(O)Cn1ncc(-c2onc(-c3c(F)cccc3Cl)c2COC)c1C(F)(F)F. The number of aromatic nitrogens is 3. The molecular formula is C18H15BClF4N3O3. The summed E-state index contributed by atoms with van der Waals surface area (Å²) in [5.74, 6) is -1.05. The van der Waals surface area contributed by atoms with E-state index < -0.39 is 35.3 Å². The zero-order valence-electron chi connectivity index (χ0n) is 15.8. The van der Waals surface area contributed by atoms with Crippen molar-refractivity contribution in [3.05, 3.63) is 46.5 Å². The van der Waals surface area contributed by atoms with Gasteiger partial charge in [-0.15, -0.1) is 0 Å². The van der Waals surface area contributed by atoms with E-state index in [4.69, 9.17) is 28.7 Å². The minimum atomic E-state index is -4.87. The van der Waals surface area contributed by atoms with E-state index in [1.807, 2.05) is 0 Å². The van der Waals surface area contributed by atoms with Crippen molar-refractivity contribution in [2.24, 2.45) is 0 Å². The molecule has 6 nitrogen and oxygen atoms in total. The van der Waals surface area contributed by atoms with Crippen LogP contribution in [-0.4, -0.2) is 40.5 Å². The number of methoxy groups -OCH3 is 1. The Morgan fingerprint density at radius 1 is 1.33 bits per heavy atom. The highest BCUT2D eigenvalue weighted by atomic mass is 35.5. The highest BCUT2D eigenvalue weighted by Crippen LogP contribution is 2.42. The van der Waals surface area contributed by atoms with E-state index in [9.17, 15) is 22.7 Å². The van der Waals surface area contributed by atoms with Crippen LogP contribution in [0.25, 0.3) is 22.6 Å². The first-order chi connectivity index (χ1) is 13.9. The van der Waals surface area contributed by atoms with Crippen LogP contribution in [0.2, 0.25) is 5.02 Å². The van der Waals surface area contributed by atoms with Crippen molar-refractivity contribution in [2.45, 2.75) is 31.8 Å². The van der Waals surface area contributed by atoms with Crippen molar-refractivity contribution in [1.29, 1.82) is 0 Å². The zero-order valence-corrected chi connectivity index (χ0v) is 16.6. The van der Waals surface area contributed by atoms with Gasteiger partial charge in [0.2, 0.25) is 0 Å². The molecule has 0 aliphatic rings. The third-order valence-corrected chi connectivity index (χ3v) is 4.41. The molecule has 0 aliphatic carbocycles. The highest BCUT2D eigenvalue weighted by Gasteiger charge is 2.41. The van der Waals surface area contributed by atoms with Gasteiger partial charge in [-0.05, 0) is 19.1 Å². The van der Waals surface area contributed by atoms with E-state index in [-0.39, 0.29) is 34.2 Å². The van der Waals surface area contributed by atoms with E-state index >= 15 is 0 Å². The molecule has 30 heavy (non-hydrogen) atoms. The molecule has 0 saturated carbocycles. The third-order valence-electron chi connectivity index (χ3n) is 4.10. The summed E-state index contributed by atoms with van der Waals surface area (Å²) in [5, 5.41) is 17.2. The first kappa shape index (κ1) is 22.3. The van der Waals surface area contributed by atoms with Gasteiger partial charge >= 0.3 is 6.18 Å². The maximum absolute atomic E-state index is 14.4. The lowest BCUT2D eigenvalue weighted by atomic mass is 9.84. The van der Waals surface area contributed by atoms with E-state index in [2.05, 4.69) is 10.3 Å². The quantitative estimate of drug-likeness (QED) is 0.460. The molecule has 2 radical (unpaired) electrons. The van der Waals surface area contributed by atoms with Gasteiger partial charge in [-0.2, -0.15) is 18.3 Å². The van der Waals surface area contributed by atoms with Gasteiger partial charge in [0.25, 0.3) is 0 Å². The summed E-state index contributed by atoms with van der Waals surface area (Å²) in [7, 11) is 6.74. The Hall–Kier alpha value is -2.37. The number of hydrogen-bond acceptors (Lipinski definition) is 5. The number of alkyl halides is 3. The molecule has 0 spiro atoms. The van der Waals surface area contributed by atoms with Crippen LogP contribution in [0.15, 0.2) is 28.9 Å². The Morgan fingerprint density at radius 3 is 2.60 bits per heavy atom. The van der Waals surface area contributed by atoms with Gasteiger partial charge in [-0.25, -0.2) is 4.39 Å². The molecule has 1 atom stereocenters. The minimum absolute atomic E-state index is 0.00174. The van der Waals surface area contributed by atoms with E-state index in [0.29, 0.717) is 4.68 Å². The van der Waals surface area contributed by atoms with E-state index in [0.717, 1.165) is 19.2 Å². The normalized spacial score (nSPS) is 14.1. The maximum atomic E-state index is 14.4. The van der Waals surface area contributed by atoms with Crippen molar-refractivity contribution in [2.75, 3.05) is 7.11 Å². The van der Waals surface area contributed by atoms with Gasteiger partial charge in [0.1, 0.15) is 19.4 Å². The predicted molar refractivity (Wildman–Crippen MR) is 100 cm³/mol. The standard InChI is InChI=1S/C18H15BClF4N3O3/c1-17(19,28)8-27-16(18(22,23)24)9(6-25-27)15-10(7-29-2)14(26-30-15)13-11(20)4-3-5-12(13)21/h3-6,28H,7-8H2,1-2H3. The van der Waals surface area contributed by atoms with Crippen molar-refractivity contribution in [1.82, 2.24) is 14.9 Å². The van der Waals surface area contributed by atoms with E-state index in [1.165, 1.54) is 19.2 Å². The number of halogens is 5. The van der Waals surface area contributed by atoms with Gasteiger partial charge in [0.05, 0.1) is 41.1 Å². The number of benzene rings is 1. The van der Waals surface area contributed by atoms with Crippen LogP contribution in [-0.2, 0) is 24.1 Å². The number of nitrogens with zero attached hydrogens (tertiary/aromatic N) is 3. The van der Waals surface area contributed by atoms with Gasteiger partial charge in [-0.3, -0.25) is 4.68 Å². The Morgan fingerprint density at radius 2 is 2.03 bits per heavy atom. The largest absolute Gasteiger partial charge is 0.433 e. The molecule has 1 unspecified atom stereocenters. The molecule has 2 aromatic heterocycles. The van der Waals surface area contributed by atoms with Gasteiger partial charge < -0.3 is 14.4 Å². The van der Waals surface area contributed by atoms with Crippen LogP contribution in [0.3, 0.4) is 0 Å². The smallest absolute Gasteiger partial charge is 0.398 e. The molecule has 0 amide bonds. The Kier molecular flexibility index (Phi) is 5.99. The zero-order chi connectivity index (χ0) is 22.3. The molecule has 1 aromatic carbocycles. The fraction of sp³-hybridized carbons (Fsp3) is 0.333. The first-order valence-corrected chi connectivity index (χ1v) is 8.88. The van der Waals surface area contributed by atoms with Crippen molar-refractivity contribution in [3.8, 4) is 22.6 Å². The second kappa shape index (κ2) is 8.05. The van der Waals surface area contributed by atoms with Gasteiger partial charge in [0.15, 0.2) is 11.5 Å². The fourth-order valence-electron chi connectivity index (χ4n) is 2.99. The predicted octanol–water partition coefficient (Wildman–Crippen LogP) is 4.04. The monoisotopic (exact) mass is 443 g/mol. The van der Waals surface area contributed by atoms with Crippen LogP contribution in [0, 0.1) is 5.82 Å². The number of rotatable bonds is 6. The molecule has 3 rings (SSSR count). The van der Waals surface area contributed by atoms with Crippen LogP contribution >= 0.6 is 11.6 Å². The molecule has 0 saturated heterocycles. The number of hydrogen-bond donors (Lipinski definition) is 1. The summed E-state index contributed by atoms with van der Waals surface area (Å²) >= 11 is 6.07. The summed E-state index contributed by atoms with van der Waals surface area (Å²) in [6.45, 7) is 0.259. The van der Waals surface area contributed by atoms with Crippen LogP contribution < -0.4 is 0 Å². The van der Waals surface area contributed by atoms with Crippen LogP contribution in [0.5, 0.6) is 0 Å². The van der Waals surface area contributed by atoms with Crippen molar-refractivity contribution in [3.63, 3.8) is 0 Å². The molecule has 0 fully saturated rings. The molecule has 2 heterocycles. The number of aliphatic hydroxyl groups is 1. The Bertz CT molecular complexity index is 1040. The van der Waals surface area contributed by atoms with Crippen LogP contribution in [0.4, 0.5) is 17.6 Å². The highest BCUT2D eigenvalue weighted by molar-refractivity contribution is 6.33. The lowest BCUT2D eigenvalue weighted by Crippen LogP contribution is -2.33. The lowest BCUT2D eigenvalue weighted by molar-refractivity contribution is -0.144. The summed E-state index contributed by atoms with van der Waals surface area (Å²) < 4.78 is 66.6. The summed E-state index contributed by atoms with van der Waals surface area (Å²) in [6.07, 6.45) is -3.97. The molecular weight excluding hydrogens is 428 g/mol. The second-order valence-electron chi connectivity index (χ2n) is 6.79. The van der Waals surface area contributed by atoms with Gasteiger partial charge in [-0.1, -0.05) is 22.8 Å². The van der Waals surface area contributed by atoms with Gasteiger partial charge in [0, 0.05) is 12.6 Å². The number of ether oxygens (including phenoxy) is 1. The van der Waals surface area contributed by atoms with E-state index in [1.54, 1.807) is 0 Å². The molecule has 1 N–H and O–H groups in total. The molecule has 0 bridgehead atoms. The fourth-order valence-corrected chi connectivity index (χ4v) is 3.25. The molecule has 3 aromatic rings. The molecule has 0 aliphatic heterocycles. The average molecular weight is 444 g/mol. The molecule has 158 valence electrons. The summed E-state index contributed by atoms with van der Waals surface area (Å²) in [6, 6.07) is 3.92.